The summed E-state index contributed by atoms with van der Waals surface area (Å²) in [4.78, 5) is 24.6. The number of esters is 1. The molecule has 6 heteroatoms. The molecule has 128 valence electrons. The number of carbonyl (C=O) groups excluding carboxylic acids is 2. The first-order valence-electron chi connectivity index (χ1n) is 7.77. The van der Waals surface area contributed by atoms with Crippen LogP contribution in [0.3, 0.4) is 0 Å². The molecule has 1 atom stereocenters. The Morgan fingerprint density at radius 1 is 1.17 bits per heavy atom. The molecule has 1 heterocycles. The summed E-state index contributed by atoms with van der Waals surface area (Å²) in [7, 11) is 1.31. The number of rotatable bonds is 5. The maximum atomic E-state index is 12.4. The van der Waals surface area contributed by atoms with Crippen molar-refractivity contribution in [1.82, 2.24) is 15.5 Å². The van der Waals surface area contributed by atoms with Crippen LogP contribution >= 0.6 is 0 Å². The first-order valence-corrected chi connectivity index (χ1v) is 7.77. The number of benzene rings is 1. The van der Waals surface area contributed by atoms with Crippen LogP contribution in [0.25, 0.3) is 0 Å². The number of H-pyrrole nitrogens is 1. The minimum Gasteiger partial charge on any atom is -0.467 e. The number of aromatic amines is 1. The van der Waals surface area contributed by atoms with E-state index in [0.29, 0.717) is 5.56 Å². The van der Waals surface area contributed by atoms with Crippen molar-refractivity contribution in [2.24, 2.45) is 0 Å². The highest BCUT2D eigenvalue weighted by Gasteiger charge is 2.24. The maximum absolute atomic E-state index is 12.4. The van der Waals surface area contributed by atoms with E-state index >= 15 is 0 Å². The van der Waals surface area contributed by atoms with Gasteiger partial charge in [0, 0.05) is 11.3 Å². The van der Waals surface area contributed by atoms with Gasteiger partial charge in [-0.05, 0) is 33.3 Å². The normalized spacial score (nSPS) is 11.9. The molecule has 0 saturated carbocycles. The zero-order chi connectivity index (χ0) is 17.9. The fourth-order valence-electron chi connectivity index (χ4n) is 2.78. The fourth-order valence-corrected chi connectivity index (χ4v) is 2.78. The zero-order valence-corrected chi connectivity index (χ0v) is 14.7. The lowest BCUT2D eigenvalue weighted by Crippen LogP contribution is -2.35. The number of amides is 1. The van der Waals surface area contributed by atoms with E-state index < -0.39 is 12.0 Å². The van der Waals surface area contributed by atoms with Crippen molar-refractivity contribution in [2.45, 2.75) is 40.2 Å². The van der Waals surface area contributed by atoms with Gasteiger partial charge in [0.25, 0.3) is 0 Å². The molecule has 24 heavy (non-hydrogen) atoms. The van der Waals surface area contributed by atoms with E-state index in [1.807, 2.05) is 45.9 Å². The molecule has 1 aromatic carbocycles. The largest absolute Gasteiger partial charge is 0.467 e. The Balaban J connectivity index is 2.23. The second kappa shape index (κ2) is 7.29. The van der Waals surface area contributed by atoms with Gasteiger partial charge >= 0.3 is 5.97 Å². The summed E-state index contributed by atoms with van der Waals surface area (Å²) in [5.74, 6) is -0.744. The van der Waals surface area contributed by atoms with Gasteiger partial charge in [0.2, 0.25) is 5.91 Å². The lowest BCUT2D eigenvalue weighted by Gasteiger charge is -2.18. The van der Waals surface area contributed by atoms with E-state index in [0.717, 1.165) is 28.1 Å². The number of ether oxygens (including phenoxy) is 1. The lowest BCUT2D eigenvalue weighted by atomic mass is 10.0. The number of aromatic nitrogens is 2. The van der Waals surface area contributed by atoms with Gasteiger partial charge in [0.1, 0.15) is 0 Å². The first kappa shape index (κ1) is 17.7. The van der Waals surface area contributed by atoms with Crippen LogP contribution < -0.4 is 5.32 Å². The second-order valence-corrected chi connectivity index (χ2v) is 6.03. The third-order valence-electron chi connectivity index (χ3n) is 3.94. The summed E-state index contributed by atoms with van der Waals surface area (Å²) in [6, 6.07) is 4.94. The SMILES string of the molecule is COC(=O)[C@H](NC(=O)Cc1c(C)n[nH]c1C)c1cc(C)cc(C)c1. The van der Waals surface area contributed by atoms with E-state index in [1.165, 1.54) is 7.11 Å². The number of carbonyl (C=O) groups is 2. The molecule has 0 spiro atoms. The molecule has 2 aromatic rings. The number of hydrogen-bond acceptors (Lipinski definition) is 4. The molecule has 1 aromatic heterocycles. The van der Waals surface area contributed by atoms with Crippen molar-refractivity contribution >= 4 is 11.9 Å². The van der Waals surface area contributed by atoms with Crippen LogP contribution in [-0.2, 0) is 20.7 Å². The minimum atomic E-state index is -0.825. The number of nitrogens with one attached hydrogen (secondary N) is 2. The predicted molar refractivity (Wildman–Crippen MR) is 90.6 cm³/mol. The van der Waals surface area contributed by atoms with Crippen LogP contribution in [0.15, 0.2) is 18.2 Å². The minimum absolute atomic E-state index is 0.159. The van der Waals surface area contributed by atoms with E-state index in [9.17, 15) is 9.59 Å². The monoisotopic (exact) mass is 329 g/mol. The standard InChI is InChI=1S/C18H23N3O3/c1-10-6-11(2)8-14(7-10)17(18(23)24-5)19-16(22)9-15-12(3)20-21-13(15)4/h6-8,17H,9H2,1-5H3,(H,19,22)(H,20,21)/t17-/m1/s1. The van der Waals surface area contributed by atoms with Crippen molar-refractivity contribution in [2.75, 3.05) is 7.11 Å². The highest BCUT2D eigenvalue weighted by molar-refractivity contribution is 5.86. The molecule has 0 unspecified atom stereocenters. The molecule has 0 saturated heterocycles. The Kier molecular flexibility index (Phi) is 5.39. The predicted octanol–water partition coefficient (Wildman–Crippen LogP) is 2.22. The van der Waals surface area contributed by atoms with E-state index in [2.05, 4.69) is 15.5 Å². The molecule has 0 aliphatic carbocycles. The average Bonchev–Trinajstić information content (AvgIpc) is 2.82. The van der Waals surface area contributed by atoms with Gasteiger partial charge in [0.15, 0.2) is 6.04 Å². The first-order chi connectivity index (χ1) is 11.3. The third kappa shape index (κ3) is 4.01. The van der Waals surface area contributed by atoms with E-state index in [4.69, 9.17) is 4.74 Å². The molecule has 0 bridgehead atoms. The molecule has 1 amide bonds. The van der Waals surface area contributed by atoms with Gasteiger partial charge in [-0.15, -0.1) is 0 Å². The van der Waals surface area contributed by atoms with Crippen LogP contribution in [0, 0.1) is 27.7 Å². The Labute approximate surface area is 141 Å². The van der Waals surface area contributed by atoms with Crippen LogP contribution in [0.2, 0.25) is 0 Å². The summed E-state index contributed by atoms with van der Waals surface area (Å²) in [6.07, 6.45) is 0.159. The van der Waals surface area contributed by atoms with Gasteiger partial charge in [0.05, 0.1) is 19.2 Å². The van der Waals surface area contributed by atoms with Crippen molar-refractivity contribution in [3.05, 3.63) is 51.8 Å². The quantitative estimate of drug-likeness (QED) is 0.824. The molecule has 0 aliphatic heterocycles. The van der Waals surface area contributed by atoms with Gasteiger partial charge in [-0.2, -0.15) is 5.10 Å². The molecule has 0 aliphatic rings. The summed E-state index contributed by atoms with van der Waals surface area (Å²) in [6.45, 7) is 7.61. The van der Waals surface area contributed by atoms with Crippen LogP contribution in [0.4, 0.5) is 0 Å². The fraction of sp³-hybridized carbons (Fsp3) is 0.389. The molecule has 0 fully saturated rings. The van der Waals surface area contributed by atoms with E-state index in [-0.39, 0.29) is 12.3 Å². The molecule has 0 radical (unpaired) electrons. The summed E-state index contributed by atoms with van der Waals surface area (Å²) >= 11 is 0. The summed E-state index contributed by atoms with van der Waals surface area (Å²) < 4.78 is 4.86. The Hall–Kier alpha value is -2.63. The number of aryl methyl sites for hydroxylation is 4. The van der Waals surface area contributed by atoms with E-state index in [1.54, 1.807) is 0 Å². The lowest BCUT2D eigenvalue weighted by molar-refractivity contribution is -0.145. The van der Waals surface area contributed by atoms with Crippen molar-refractivity contribution in [3.8, 4) is 0 Å². The molecule has 6 nitrogen and oxygen atoms in total. The molecule has 2 rings (SSSR count). The van der Waals surface area contributed by atoms with Crippen LogP contribution in [0.5, 0.6) is 0 Å². The smallest absolute Gasteiger partial charge is 0.333 e. The Morgan fingerprint density at radius 3 is 2.29 bits per heavy atom. The summed E-state index contributed by atoms with van der Waals surface area (Å²) in [5, 5.41) is 9.71. The van der Waals surface area contributed by atoms with Gasteiger partial charge < -0.3 is 10.1 Å². The van der Waals surface area contributed by atoms with Gasteiger partial charge in [-0.25, -0.2) is 4.79 Å². The molecular formula is C18H23N3O3. The Morgan fingerprint density at radius 2 is 1.79 bits per heavy atom. The zero-order valence-electron chi connectivity index (χ0n) is 14.7. The topological polar surface area (TPSA) is 84.1 Å². The van der Waals surface area contributed by atoms with Crippen LogP contribution in [0.1, 0.15) is 39.7 Å². The van der Waals surface area contributed by atoms with Crippen molar-refractivity contribution < 1.29 is 14.3 Å². The van der Waals surface area contributed by atoms with Gasteiger partial charge in [-0.3, -0.25) is 9.89 Å². The van der Waals surface area contributed by atoms with Crippen molar-refractivity contribution in [3.63, 3.8) is 0 Å². The highest BCUT2D eigenvalue weighted by Crippen LogP contribution is 2.19. The molecule has 2 N–H and O–H groups in total. The highest BCUT2D eigenvalue weighted by atomic mass is 16.5. The Bertz CT molecular complexity index is 725. The number of methoxy groups -OCH3 is 1. The van der Waals surface area contributed by atoms with Crippen molar-refractivity contribution in [1.29, 1.82) is 0 Å². The average molecular weight is 329 g/mol. The maximum Gasteiger partial charge on any atom is 0.333 e. The third-order valence-corrected chi connectivity index (χ3v) is 3.94. The summed E-state index contributed by atoms with van der Waals surface area (Å²) in [5.41, 5.74) is 5.24. The van der Waals surface area contributed by atoms with Crippen LogP contribution in [-0.4, -0.2) is 29.2 Å². The number of nitrogens with zero attached hydrogens (tertiary/aromatic N) is 1. The second-order valence-electron chi connectivity index (χ2n) is 6.03. The van der Waals surface area contributed by atoms with Gasteiger partial charge in [-0.1, -0.05) is 29.3 Å². The molecular weight excluding hydrogens is 306 g/mol. The number of hydrogen-bond donors (Lipinski definition) is 2.